The molecule has 0 amide bonds. The number of halogens is 2. The van der Waals surface area contributed by atoms with Gasteiger partial charge in [0.15, 0.2) is 0 Å². The van der Waals surface area contributed by atoms with Crippen molar-refractivity contribution in [3.63, 3.8) is 0 Å². The van der Waals surface area contributed by atoms with Crippen LogP contribution in [0.15, 0.2) is 27.2 Å². The van der Waals surface area contributed by atoms with Crippen LogP contribution >= 0.6 is 15.9 Å². The van der Waals surface area contributed by atoms with Crippen LogP contribution in [0.2, 0.25) is 0 Å². The molecule has 2 N–H and O–H groups in total. The van der Waals surface area contributed by atoms with Crippen molar-refractivity contribution in [1.29, 1.82) is 0 Å². The topological polar surface area (TPSA) is 64.9 Å². The minimum absolute atomic E-state index is 0.0242. The lowest BCUT2D eigenvalue weighted by atomic mass is 10.2. The molecule has 1 aromatic carbocycles. The Kier molecular flexibility index (Phi) is 2.20. The van der Waals surface area contributed by atoms with Crippen molar-refractivity contribution in [2.24, 2.45) is 0 Å². The quantitative estimate of drug-likeness (QED) is 0.851. The lowest BCUT2D eigenvalue weighted by Crippen LogP contribution is -1.86. The zero-order valence-corrected chi connectivity index (χ0v) is 8.45. The Hall–Kier alpha value is -1.43. The number of rotatable bonds is 1. The summed E-state index contributed by atoms with van der Waals surface area (Å²) in [6.07, 6.45) is 0. The smallest absolute Gasteiger partial charge is 0.261 e. The average molecular weight is 258 g/mol. The predicted molar refractivity (Wildman–Crippen MR) is 51.8 cm³/mol. The van der Waals surface area contributed by atoms with Crippen molar-refractivity contribution in [1.82, 2.24) is 10.1 Å². The van der Waals surface area contributed by atoms with Crippen LogP contribution < -0.4 is 5.73 Å². The first-order valence-electron chi connectivity index (χ1n) is 3.71. The van der Waals surface area contributed by atoms with Gasteiger partial charge >= 0.3 is 0 Å². The summed E-state index contributed by atoms with van der Waals surface area (Å²) in [5.41, 5.74) is 5.76. The van der Waals surface area contributed by atoms with Crippen LogP contribution in [0.25, 0.3) is 11.5 Å². The van der Waals surface area contributed by atoms with E-state index in [-0.39, 0.29) is 17.7 Å². The summed E-state index contributed by atoms with van der Waals surface area (Å²) in [7, 11) is 0. The van der Waals surface area contributed by atoms with Gasteiger partial charge in [-0.15, -0.1) is 0 Å². The third-order valence-corrected chi connectivity index (χ3v) is 2.29. The fourth-order valence-electron chi connectivity index (χ4n) is 1.01. The van der Waals surface area contributed by atoms with Gasteiger partial charge < -0.3 is 10.3 Å². The number of anilines is 1. The van der Waals surface area contributed by atoms with E-state index in [1.165, 1.54) is 12.1 Å². The first-order chi connectivity index (χ1) is 6.66. The van der Waals surface area contributed by atoms with Gasteiger partial charge in [0.05, 0.1) is 5.56 Å². The Balaban J connectivity index is 2.55. The van der Waals surface area contributed by atoms with E-state index in [0.717, 1.165) is 0 Å². The van der Waals surface area contributed by atoms with Crippen molar-refractivity contribution < 1.29 is 8.91 Å². The number of aromatic nitrogens is 2. The number of hydrogen-bond acceptors (Lipinski definition) is 4. The Morgan fingerprint density at radius 1 is 1.43 bits per heavy atom. The minimum Gasteiger partial charge on any atom is -0.365 e. The molecule has 0 aliphatic carbocycles. The summed E-state index contributed by atoms with van der Waals surface area (Å²) in [4.78, 5) is 3.79. The molecule has 0 fully saturated rings. The van der Waals surface area contributed by atoms with E-state index < -0.39 is 0 Å². The maximum Gasteiger partial charge on any atom is 0.261 e. The molecular weight excluding hydrogens is 253 g/mol. The van der Waals surface area contributed by atoms with Gasteiger partial charge in [-0.1, -0.05) is 0 Å². The van der Waals surface area contributed by atoms with Crippen LogP contribution in [0, 0.1) is 5.82 Å². The molecule has 1 aromatic heterocycles. The first kappa shape index (κ1) is 9.14. The maximum atomic E-state index is 12.9. The summed E-state index contributed by atoms with van der Waals surface area (Å²) < 4.78 is 18.4. The number of benzene rings is 1. The van der Waals surface area contributed by atoms with Gasteiger partial charge in [-0.25, -0.2) is 4.39 Å². The summed E-state index contributed by atoms with van der Waals surface area (Å²) >= 11 is 3.24. The monoisotopic (exact) mass is 257 g/mol. The Labute approximate surface area is 87.0 Å². The Morgan fingerprint density at radius 2 is 2.21 bits per heavy atom. The van der Waals surface area contributed by atoms with Crippen LogP contribution in [0.5, 0.6) is 0 Å². The standard InChI is InChI=1S/C8H5BrFN3O/c9-6-2-1-4(10)3-5(6)7-12-8(11)13-14-7/h1-3H,(H2,11,13). The third-order valence-electron chi connectivity index (χ3n) is 1.60. The molecule has 0 unspecified atom stereocenters. The summed E-state index contributed by atoms with van der Waals surface area (Å²) in [6.45, 7) is 0. The minimum atomic E-state index is -0.375. The number of nitrogen functional groups attached to an aromatic ring is 1. The predicted octanol–water partition coefficient (Wildman–Crippen LogP) is 2.22. The van der Waals surface area contributed by atoms with E-state index in [1.807, 2.05) is 0 Å². The van der Waals surface area contributed by atoms with E-state index in [9.17, 15) is 4.39 Å². The van der Waals surface area contributed by atoms with E-state index in [4.69, 9.17) is 10.3 Å². The van der Waals surface area contributed by atoms with Crippen molar-refractivity contribution >= 4 is 21.9 Å². The van der Waals surface area contributed by atoms with Gasteiger partial charge in [0.25, 0.3) is 11.8 Å². The molecule has 6 heteroatoms. The van der Waals surface area contributed by atoms with Crippen LogP contribution in [-0.4, -0.2) is 10.1 Å². The molecule has 1 heterocycles. The van der Waals surface area contributed by atoms with Crippen LogP contribution in [-0.2, 0) is 0 Å². The molecule has 14 heavy (non-hydrogen) atoms. The maximum absolute atomic E-state index is 12.9. The zero-order chi connectivity index (χ0) is 10.1. The van der Waals surface area contributed by atoms with Gasteiger partial charge in [-0.05, 0) is 39.3 Å². The largest absolute Gasteiger partial charge is 0.365 e. The molecule has 0 aliphatic rings. The lowest BCUT2D eigenvalue weighted by Gasteiger charge is -1.97. The van der Waals surface area contributed by atoms with E-state index in [1.54, 1.807) is 6.07 Å². The highest BCUT2D eigenvalue weighted by atomic mass is 79.9. The first-order valence-corrected chi connectivity index (χ1v) is 4.51. The number of nitrogens with zero attached hydrogens (tertiary/aromatic N) is 2. The zero-order valence-electron chi connectivity index (χ0n) is 6.87. The highest BCUT2D eigenvalue weighted by molar-refractivity contribution is 9.10. The fraction of sp³-hybridized carbons (Fsp3) is 0. The van der Waals surface area contributed by atoms with Crippen LogP contribution in [0.1, 0.15) is 0 Å². The fourth-order valence-corrected chi connectivity index (χ4v) is 1.42. The number of nitrogens with two attached hydrogens (primary N) is 1. The van der Waals surface area contributed by atoms with Crippen molar-refractivity contribution in [3.05, 3.63) is 28.5 Å². The molecule has 0 saturated carbocycles. The van der Waals surface area contributed by atoms with Gasteiger partial charge in [-0.2, -0.15) is 4.98 Å². The average Bonchev–Trinajstić information content (AvgIpc) is 2.56. The van der Waals surface area contributed by atoms with Crippen molar-refractivity contribution in [3.8, 4) is 11.5 Å². The second-order valence-corrected chi connectivity index (χ2v) is 3.44. The van der Waals surface area contributed by atoms with E-state index in [0.29, 0.717) is 10.0 Å². The van der Waals surface area contributed by atoms with E-state index in [2.05, 4.69) is 26.1 Å². The van der Waals surface area contributed by atoms with Gasteiger partial charge in [0.1, 0.15) is 5.82 Å². The molecule has 2 aromatic rings. The second-order valence-electron chi connectivity index (χ2n) is 2.58. The summed E-state index contributed by atoms with van der Waals surface area (Å²) in [6, 6.07) is 4.18. The molecule has 0 bridgehead atoms. The normalized spacial score (nSPS) is 10.4. The Morgan fingerprint density at radius 3 is 2.86 bits per heavy atom. The van der Waals surface area contributed by atoms with Crippen molar-refractivity contribution in [2.45, 2.75) is 0 Å². The Bertz CT molecular complexity index is 471. The SMILES string of the molecule is Nc1noc(-c2cc(F)ccc2Br)n1. The van der Waals surface area contributed by atoms with Crippen LogP contribution in [0.4, 0.5) is 10.3 Å². The second kappa shape index (κ2) is 3.38. The molecular formula is C8H5BrFN3O. The highest BCUT2D eigenvalue weighted by Gasteiger charge is 2.11. The summed E-state index contributed by atoms with van der Waals surface area (Å²) in [5.74, 6) is -0.162. The van der Waals surface area contributed by atoms with Crippen molar-refractivity contribution in [2.75, 3.05) is 5.73 Å². The molecule has 0 atom stereocenters. The molecule has 0 aliphatic heterocycles. The van der Waals surface area contributed by atoms with E-state index >= 15 is 0 Å². The molecule has 4 nitrogen and oxygen atoms in total. The molecule has 2 rings (SSSR count). The molecule has 0 radical (unpaired) electrons. The van der Waals surface area contributed by atoms with Crippen LogP contribution in [0.3, 0.4) is 0 Å². The third kappa shape index (κ3) is 1.60. The lowest BCUT2D eigenvalue weighted by molar-refractivity contribution is 0.432. The highest BCUT2D eigenvalue weighted by Crippen LogP contribution is 2.27. The summed E-state index contributed by atoms with van der Waals surface area (Å²) in [5, 5.41) is 3.41. The number of hydrogen-bond donors (Lipinski definition) is 1. The molecule has 72 valence electrons. The van der Waals surface area contributed by atoms with Gasteiger partial charge in [0, 0.05) is 4.47 Å². The van der Waals surface area contributed by atoms with Gasteiger partial charge in [-0.3, -0.25) is 0 Å². The van der Waals surface area contributed by atoms with Gasteiger partial charge in [0.2, 0.25) is 0 Å². The molecule has 0 spiro atoms. The molecule has 0 saturated heterocycles.